The molecular formula is C26H27F6N3O3. The number of nitrogens with two attached hydrogens (primary N) is 1. The van der Waals surface area contributed by atoms with Gasteiger partial charge in [-0.1, -0.05) is 24.3 Å². The van der Waals surface area contributed by atoms with E-state index in [4.69, 9.17) is 5.73 Å². The lowest BCUT2D eigenvalue weighted by Crippen LogP contribution is -2.55. The van der Waals surface area contributed by atoms with E-state index in [1.165, 1.54) is 24.3 Å². The number of hydrogen-bond acceptors (Lipinski definition) is 4. The van der Waals surface area contributed by atoms with Gasteiger partial charge in [-0.05, 0) is 61.1 Å². The number of amides is 2. The molecule has 1 saturated carbocycles. The van der Waals surface area contributed by atoms with Gasteiger partial charge in [-0.25, -0.2) is 0 Å². The topological polar surface area (TPSA) is 84.7 Å². The van der Waals surface area contributed by atoms with Crippen LogP contribution >= 0.6 is 0 Å². The summed E-state index contributed by atoms with van der Waals surface area (Å²) in [6.45, 7) is 0.738. The summed E-state index contributed by atoms with van der Waals surface area (Å²) in [7, 11) is 0. The maximum Gasteiger partial charge on any atom is 0.573 e. The van der Waals surface area contributed by atoms with Gasteiger partial charge < -0.3 is 20.7 Å². The van der Waals surface area contributed by atoms with Crippen molar-refractivity contribution in [2.45, 2.75) is 62.1 Å². The van der Waals surface area contributed by atoms with Gasteiger partial charge in [0.25, 0.3) is 0 Å². The van der Waals surface area contributed by atoms with E-state index in [0.29, 0.717) is 43.5 Å². The molecule has 206 valence electrons. The second kappa shape index (κ2) is 10.5. The Kier molecular flexibility index (Phi) is 7.64. The SMILES string of the molecule is N[C@@H]1CCCN(C(=O)C(Cc2ccc(C(F)(F)F)cc2)NC(=O)C2(c3ccc(OC(F)(F)F)cc3)CC2)C1. The predicted molar refractivity (Wildman–Crippen MR) is 125 cm³/mol. The Morgan fingerprint density at radius 2 is 1.66 bits per heavy atom. The van der Waals surface area contributed by atoms with Crippen molar-refractivity contribution >= 4 is 11.8 Å². The molecule has 1 unspecified atom stereocenters. The van der Waals surface area contributed by atoms with E-state index < -0.39 is 47.1 Å². The molecule has 3 N–H and O–H groups in total. The number of halogens is 6. The van der Waals surface area contributed by atoms with E-state index in [2.05, 4.69) is 10.1 Å². The molecule has 1 saturated heterocycles. The van der Waals surface area contributed by atoms with Crippen LogP contribution in [0, 0.1) is 0 Å². The Morgan fingerprint density at radius 1 is 1.03 bits per heavy atom. The van der Waals surface area contributed by atoms with Crippen molar-refractivity contribution in [2.24, 2.45) is 5.73 Å². The lowest BCUT2D eigenvalue weighted by atomic mass is 9.93. The van der Waals surface area contributed by atoms with E-state index in [9.17, 15) is 35.9 Å². The van der Waals surface area contributed by atoms with E-state index in [-0.39, 0.29) is 12.5 Å². The summed E-state index contributed by atoms with van der Waals surface area (Å²) in [6.07, 6.45) is -7.12. The molecule has 2 amide bonds. The molecule has 4 rings (SSSR count). The summed E-state index contributed by atoms with van der Waals surface area (Å²) in [5, 5.41) is 2.77. The molecule has 1 aliphatic carbocycles. The minimum absolute atomic E-state index is 0.0388. The molecule has 2 aromatic rings. The van der Waals surface area contributed by atoms with E-state index in [1.54, 1.807) is 4.90 Å². The van der Waals surface area contributed by atoms with Crippen LogP contribution in [-0.2, 0) is 27.6 Å². The molecule has 1 aliphatic heterocycles. The predicted octanol–water partition coefficient (Wildman–Crippen LogP) is 4.31. The van der Waals surface area contributed by atoms with Crippen molar-refractivity contribution in [3.05, 3.63) is 65.2 Å². The molecule has 38 heavy (non-hydrogen) atoms. The summed E-state index contributed by atoms with van der Waals surface area (Å²) >= 11 is 0. The van der Waals surface area contributed by atoms with Gasteiger partial charge in [0.05, 0.1) is 11.0 Å². The van der Waals surface area contributed by atoms with Crippen LogP contribution in [-0.4, -0.2) is 48.2 Å². The fraction of sp³-hybridized carbons (Fsp3) is 0.462. The first-order valence-electron chi connectivity index (χ1n) is 12.1. The third-order valence-corrected chi connectivity index (χ3v) is 6.92. The van der Waals surface area contributed by atoms with Crippen molar-refractivity contribution in [1.82, 2.24) is 10.2 Å². The minimum Gasteiger partial charge on any atom is -0.406 e. The molecule has 0 radical (unpaired) electrons. The molecule has 0 spiro atoms. The van der Waals surface area contributed by atoms with Crippen LogP contribution in [0.15, 0.2) is 48.5 Å². The van der Waals surface area contributed by atoms with Crippen molar-refractivity contribution < 1.29 is 40.7 Å². The summed E-state index contributed by atoms with van der Waals surface area (Å²) in [5.41, 5.74) is 5.07. The highest BCUT2D eigenvalue weighted by Gasteiger charge is 2.52. The summed E-state index contributed by atoms with van der Waals surface area (Å²) in [5.74, 6) is -1.29. The molecular weight excluding hydrogens is 516 g/mol. The van der Waals surface area contributed by atoms with Crippen LogP contribution in [0.25, 0.3) is 0 Å². The zero-order chi connectivity index (χ0) is 27.7. The number of alkyl halides is 6. The number of ether oxygens (including phenoxy) is 1. The molecule has 2 aromatic carbocycles. The number of benzene rings is 2. The molecule has 0 aromatic heterocycles. The molecule has 2 aliphatic rings. The average molecular weight is 544 g/mol. The second-order valence-electron chi connectivity index (χ2n) is 9.77. The maximum atomic E-state index is 13.4. The first kappa shape index (κ1) is 27.7. The largest absolute Gasteiger partial charge is 0.573 e. The lowest BCUT2D eigenvalue weighted by Gasteiger charge is -2.34. The van der Waals surface area contributed by atoms with Crippen molar-refractivity contribution in [1.29, 1.82) is 0 Å². The van der Waals surface area contributed by atoms with Crippen LogP contribution < -0.4 is 15.8 Å². The number of piperidine rings is 1. The third-order valence-electron chi connectivity index (χ3n) is 6.92. The summed E-state index contributed by atoms with van der Waals surface area (Å²) < 4.78 is 80.3. The van der Waals surface area contributed by atoms with E-state index in [0.717, 1.165) is 30.7 Å². The zero-order valence-electron chi connectivity index (χ0n) is 20.2. The maximum absolute atomic E-state index is 13.4. The Labute approximate surface area is 215 Å². The van der Waals surface area contributed by atoms with Gasteiger partial charge in [-0.15, -0.1) is 13.2 Å². The van der Waals surface area contributed by atoms with E-state index in [1.807, 2.05) is 0 Å². The quantitative estimate of drug-likeness (QED) is 0.510. The molecule has 2 fully saturated rings. The van der Waals surface area contributed by atoms with Gasteiger partial charge in [0.15, 0.2) is 0 Å². The van der Waals surface area contributed by atoms with Crippen molar-refractivity contribution in [3.8, 4) is 5.75 Å². The number of carbonyl (C=O) groups excluding carboxylic acids is 2. The third kappa shape index (κ3) is 6.58. The fourth-order valence-electron chi connectivity index (χ4n) is 4.74. The molecule has 1 heterocycles. The Morgan fingerprint density at radius 3 is 2.18 bits per heavy atom. The fourth-order valence-corrected chi connectivity index (χ4v) is 4.74. The van der Waals surface area contributed by atoms with Gasteiger partial charge >= 0.3 is 12.5 Å². The lowest BCUT2D eigenvalue weighted by molar-refractivity contribution is -0.274. The average Bonchev–Trinajstić information content (AvgIpc) is 3.65. The van der Waals surface area contributed by atoms with Crippen LogP contribution in [0.1, 0.15) is 42.4 Å². The highest BCUT2D eigenvalue weighted by Crippen LogP contribution is 2.49. The van der Waals surface area contributed by atoms with E-state index >= 15 is 0 Å². The number of nitrogens with zero attached hydrogens (tertiary/aromatic N) is 1. The standard InChI is InChI=1S/C26H27F6N3O3/c27-25(28,29)18-5-3-16(4-6-18)14-21(22(36)35-13-1-2-19(33)15-35)34-23(37)24(11-12-24)17-7-9-20(10-8-17)38-26(30,31)32/h3-10,19,21H,1-2,11-15,33H2,(H,34,37)/t19-,21?/m1/s1. The Bertz CT molecular complexity index is 1140. The van der Waals surface area contributed by atoms with Gasteiger partial charge in [-0.3, -0.25) is 9.59 Å². The van der Waals surface area contributed by atoms with Crippen LogP contribution in [0.4, 0.5) is 26.3 Å². The second-order valence-corrected chi connectivity index (χ2v) is 9.77. The molecule has 0 bridgehead atoms. The number of carbonyl (C=O) groups is 2. The van der Waals surface area contributed by atoms with Crippen LogP contribution in [0.2, 0.25) is 0 Å². The van der Waals surface area contributed by atoms with Crippen molar-refractivity contribution in [2.75, 3.05) is 13.1 Å². The Hall–Kier alpha value is -3.28. The summed E-state index contributed by atoms with van der Waals surface area (Å²) in [4.78, 5) is 28.4. The number of likely N-dealkylation sites (tertiary alicyclic amines) is 1. The number of hydrogen-bond donors (Lipinski definition) is 2. The summed E-state index contributed by atoms with van der Waals surface area (Å²) in [6, 6.07) is 8.09. The smallest absolute Gasteiger partial charge is 0.406 e. The highest BCUT2D eigenvalue weighted by molar-refractivity contribution is 5.95. The molecule has 2 atom stereocenters. The monoisotopic (exact) mass is 543 g/mol. The van der Waals surface area contributed by atoms with Gasteiger partial charge in [-0.2, -0.15) is 13.2 Å². The van der Waals surface area contributed by atoms with Gasteiger partial charge in [0.1, 0.15) is 11.8 Å². The van der Waals surface area contributed by atoms with Crippen molar-refractivity contribution in [3.63, 3.8) is 0 Å². The molecule has 12 heteroatoms. The Balaban J connectivity index is 1.53. The van der Waals surface area contributed by atoms with Crippen LogP contribution in [0.3, 0.4) is 0 Å². The highest BCUT2D eigenvalue weighted by atomic mass is 19.4. The minimum atomic E-state index is -4.85. The normalized spacial score (nSPS) is 20.0. The first-order valence-corrected chi connectivity index (χ1v) is 12.1. The van der Waals surface area contributed by atoms with Gasteiger partial charge in [0, 0.05) is 25.6 Å². The van der Waals surface area contributed by atoms with Gasteiger partial charge in [0.2, 0.25) is 11.8 Å². The number of nitrogens with one attached hydrogen (secondary N) is 1. The molecule has 6 nitrogen and oxygen atoms in total. The zero-order valence-corrected chi connectivity index (χ0v) is 20.2. The van der Waals surface area contributed by atoms with Crippen LogP contribution in [0.5, 0.6) is 5.75 Å². The first-order chi connectivity index (χ1) is 17.8. The number of rotatable bonds is 7.